The molecule has 4 rings (SSSR count). The van der Waals surface area contributed by atoms with Crippen LogP contribution in [0.4, 0.5) is 4.79 Å². The predicted octanol–water partition coefficient (Wildman–Crippen LogP) is 1.43. The third-order valence-corrected chi connectivity index (χ3v) is 5.06. The molecule has 0 saturated carbocycles. The van der Waals surface area contributed by atoms with Gasteiger partial charge in [-0.2, -0.15) is 0 Å². The van der Waals surface area contributed by atoms with E-state index in [1.165, 1.54) is 9.80 Å². The normalized spacial score (nSPS) is 18.4. The van der Waals surface area contributed by atoms with Gasteiger partial charge in [-0.1, -0.05) is 60.7 Å². The van der Waals surface area contributed by atoms with Crippen molar-refractivity contribution in [1.29, 1.82) is 0 Å². The van der Waals surface area contributed by atoms with Gasteiger partial charge in [0, 0.05) is 19.8 Å². The maximum absolute atomic E-state index is 13.2. The Morgan fingerprint density at radius 3 is 2.27 bits per heavy atom. The summed E-state index contributed by atoms with van der Waals surface area (Å²) < 4.78 is 0. The molecule has 4 amide bonds. The molecule has 0 spiro atoms. The minimum atomic E-state index is -0.696. The number of hydrogen-bond acceptors (Lipinski definition) is 5. The number of imide groups is 1. The third-order valence-electron chi connectivity index (χ3n) is 5.06. The summed E-state index contributed by atoms with van der Waals surface area (Å²) in [6.07, 6.45) is 1.67. The van der Waals surface area contributed by atoms with E-state index in [1.807, 2.05) is 60.7 Å². The van der Waals surface area contributed by atoms with Gasteiger partial charge in [0.15, 0.2) is 0 Å². The zero-order valence-electron chi connectivity index (χ0n) is 16.6. The van der Waals surface area contributed by atoms with Gasteiger partial charge in [-0.25, -0.2) is 10.2 Å². The second-order valence-corrected chi connectivity index (χ2v) is 7.27. The summed E-state index contributed by atoms with van der Waals surface area (Å²) >= 11 is 0. The Kier molecular flexibility index (Phi) is 5.49. The largest absolute Gasteiger partial charge is 0.350 e. The first-order valence-electron chi connectivity index (χ1n) is 9.71. The molecular weight excluding hydrogens is 382 g/mol. The fourth-order valence-electron chi connectivity index (χ4n) is 3.56. The summed E-state index contributed by atoms with van der Waals surface area (Å²) in [5.74, 6) is -0.629. The molecule has 2 aliphatic rings. The molecule has 154 valence electrons. The molecule has 2 aromatic carbocycles. The molecule has 1 saturated heterocycles. The first-order chi connectivity index (χ1) is 14.5. The third kappa shape index (κ3) is 4.04. The molecule has 0 radical (unpaired) electrons. The maximum Gasteiger partial charge on any atom is 0.331 e. The van der Waals surface area contributed by atoms with Crippen LogP contribution in [0.25, 0.3) is 0 Å². The van der Waals surface area contributed by atoms with Crippen molar-refractivity contribution in [2.45, 2.75) is 19.1 Å². The highest BCUT2D eigenvalue weighted by atomic mass is 16.2. The highest BCUT2D eigenvalue weighted by Gasteiger charge is 2.46. The zero-order chi connectivity index (χ0) is 21.1. The van der Waals surface area contributed by atoms with Crippen molar-refractivity contribution >= 4 is 17.8 Å². The van der Waals surface area contributed by atoms with Crippen molar-refractivity contribution in [3.05, 3.63) is 83.7 Å². The molecule has 2 N–H and O–H groups in total. The van der Waals surface area contributed by atoms with Crippen LogP contribution in [0.15, 0.2) is 72.6 Å². The van der Waals surface area contributed by atoms with Crippen LogP contribution in [-0.2, 0) is 22.7 Å². The smallest absolute Gasteiger partial charge is 0.331 e. The molecule has 1 atom stereocenters. The molecule has 2 aromatic rings. The van der Waals surface area contributed by atoms with Gasteiger partial charge in [0.2, 0.25) is 5.91 Å². The molecule has 0 aliphatic carbocycles. The Hall–Kier alpha value is -3.65. The number of amides is 4. The van der Waals surface area contributed by atoms with Crippen LogP contribution >= 0.6 is 0 Å². The van der Waals surface area contributed by atoms with E-state index in [0.717, 1.165) is 11.1 Å². The van der Waals surface area contributed by atoms with E-state index in [1.54, 1.807) is 18.3 Å². The fraction of sp³-hybridized carbons (Fsp3) is 0.227. The van der Waals surface area contributed by atoms with Crippen molar-refractivity contribution in [2.24, 2.45) is 0 Å². The molecule has 1 fully saturated rings. The number of carbonyl (C=O) groups is 3. The molecule has 8 nitrogen and oxygen atoms in total. The van der Waals surface area contributed by atoms with E-state index < -0.39 is 12.1 Å². The van der Waals surface area contributed by atoms with Gasteiger partial charge in [-0.15, -0.1) is 0 Å². The first-order valence-corrected chi connectivity index (χ1v) is 9.71. The van der Waals surface area contributed by atoms with Crippen molar-refractivity contribution in [2.75, 3.05) is 13.6 Å². The van der Waals surface area contributed by atoms with Gasteiger partial charge < -0.3 is 10.3 Å². The van der Waals surface area contributed by atoms with Crippen LogP contribution in [0.5, 0.6) is 0 Å². The number of rotatable bonds is 6. The number of urea groups is 1. The van der Waals surface area contributed by atoms with E-state index in [2.05, 4.69) is 10.7 Å². The number of carbonyl (C=O) groups excluding carboxylic acids is 3. The van der Waals surface area contributed by atoms with Crippen LogP contribution in [0.2, 0.25) is 0 Å². The Morgan fingerprint density at radius 2 is 1.60 bits per heavy atom. The number of hydrazine groups is 1. The Labute approximate surface area is 174 Å². The molecule has 8 heteroatoms. The number of hydrogen-bond donors (Lipinski definition) is 2. The van der Waals surface area contributed by atoms with E-state index in [0.29, 0.717) is 12.2 Å². The lowest BCUT2D eigenvalue weighted by Crippen LogP contribution is -2.61. The van der Waals surface area contributed by atoms with E-state index in [-0.39, 0.29) is 24.9 Å². The molecule has 0 bridgehead atoms. The summed E-state index contributed by atoms with van der Waals surface area (Å²) in [6, 6.07) is 17.7. The zero-order valence-corrected chi connectivity index (χ0v) is 16.6. The standard InChI is InChI=1S/C22H23N5O3/c1-25-14-18-20(24-25)21(29)27(13-17-10-6-3-7-11-17)22(30)26(18)15-19(28)23-12-16-8-4-2-5-9-16/h2-11,14,20,24H,12-13,15H2,1H3,(H,23,28). The average Bonchev–Trinajstić information content (AvgIpc) is 3.16. The second kappa shape index (κ2) is 8.38. The van der Waals surface area contributed by atoms with Gasteiger partial charge in [0.25, 0.3) is 5.91 Å². The maximum atomic E-state index is 13.2. The highest BCUT2D eigenvalue weighted by molar-refractivity contribution is 6.04. The molecule has 2 heterocycles. The van der Waals surface area contributed by atoms with Crippen molar-refractivity contribution in [1.82, 2.24) is 25.6 Å². The van der Waals surface area contributed by atoms with Gasteiger partial charge in [-0.05, 0) is 11.1 Å². The van der Waals surface area contributed by atoms with E-state index in [4.69, 9.17) is 0 Å². The lowest BCUT2D eigenvalue weighted by atomic mass is 10.1. The summed E-state index contributed by atoms with van der Waals surface area (Å²) in [4.78, 5) is 41.3. The summed E-state index contributed by atoms with van der Waals surface area (Å²) in [7, 11) is 1.75. The average molecular weight is 405 g/mol. The minimum absolute atomic E-state index is 0.149. The van der Waals surface area contributed by atoms with E-state index >= 15 is 0 Å². The molecule has 0 aromatic heterocycles. The predicted molar refractivity (Wildman–Crippen MR) is 110 cm³/mol. The Morgan fingerprint density at radius 1 is 0.967 bits per heavy atom. The minimum Gasteiger partial charge on any atom is -0.350 e. The topological polar surface area (TPSA) is 85.0 Å². The number of benzene rings is 2. The van der Waals surface area contributed by atoms with Gasteiger partial charge in [0.1, 0.15) is 12.6 Å². The lowest BCUT2D eigenvalue weighted by molar-refractivity contribution is -0.134. The first kappa shape index (κ1) is 19.7. The van der Waals surface area contributed by atoms with Crippen molar-refractivity contribution in [3.63, 3.8) is 0 Å². The van der Waals surface area contributed by atoms with Gasteiger partial charge in [-0.3, -0.25) is 19.4 Å². The molecular formula is C22H23N5O3. The fourth-order valence-corrected chi connectivity index (χ4v) is 3.56. The number of nitrogens with one attached hydrogen (secondary N) is 2. The second-order valence-electron chi connectivity index (χ2n) is 7.27. The summed E-state index contributed by atoms with van der Waals surface area (Å²) in [5.41, 5.74) is 5.31. The monoisotopic (exact) mass is 405 g/mol. The molecule has 30 heavy (non-hydrogen) atoms. The van der Waals surface area contributed by atoms with E-state index in [9.17, 15) is 14.4 Å². The summed E-state index contributed by atoms with van der Waals surface area (Å²) in [5, 5.41) is 4.47. The van der Waals surface area contributed by atoms with Crippen LogP contribution < -0.4 is 10.7 Å². The Balaban J connectivity index is 1.50. The molecule has 2 aliphatic heterocycles. The van der Waals surface area contributed by atoms with Gasteiger partial charge in [0.05, 0.1) is 12.2 Å². The van der Waals surface area contributed by atoms with Crippen molar-refractivity contribution in [3.8, 4) is 0 Å². The van der Waals surface area contributed by atoms with Crippen molar-refractivity contribution < 1.29 is 14.4 Å². The van der Waals surface area contributed by atoms with Crippen LogP contribution in [0.1, 0.15) is 11.1 Å². The highest BCUT2D eigenvalue weighted by Crippen LogP contribution is 2.26. The van der Waals surface area contributed by atoms with Crippen LogP contribution in [0, 0.1) is 0 Å². The SMILES string of the molecule is CN1C=C2C(N1)C(=O)N(Cc1ccccc1)C(=O)N2CC(=O)NCc1ccccc1. The molecule has 1 unspecified atom stereocenters. The van der Waals surface area contributed by atoms with Crippen LogP contribution in [-0.4, -0.2) is 52.3 Å². The quantitative estimate of drug-likeness (QED) is 0.760. The Bertz CT molecular complexity index is 977. The number of nitrogens with zero attached hydrogens (tertiary/aromatic N) is 3. The summed E-state index contributed by atoms with van der Waals surface area (Å²) in [6.45, 7) is 0.354. The van der Waals surface area contributed by atoms with Gasteiger partial charge >= 0.3 is 6.03 Å². The lowest BCUT2D eigenvalue weighted by Gasteiger charge is -2.37. The number of fused-ring (bicyclic) bond motifs is 1. The van der Waals surface area contributed by atoms with Crippen LogP contribution in [0.3, 0.4) is 0 Å².